The van der Waals surface area contributed by atoms with Crippen LogP contribution in [0.2, 0.25) is 0 Å². The van der Waals surface area contributed by atoms with Crippen molar-refractivity contribution >= 4 is 0 Å². The predicted octanol–water partition coefficient (Wildman–Crippen LogP) is 11.4. The molecule has 0 amide bonds. The Hall–Kier alpha value is -2.90. The standard InChI is InChI=1S/C40H56O/c1-30(18-13-20-32(3)23-25-37-34(5)22-15-27-39(37,7)8)16-11-12-17-31(2)19-14-21-33(4)24-26-38-35(6)28-36(41)29-40(38,9)10/h11-14,16-21,23-26,28,36,38,41H,15,22,27,29H2,1-10H3/b12-11+,18-13+,19-14+,25-23+,26-24+,30-16+,31-17+,32-20+,33-21+/t36-,38?/m1/s1. The van der Waals surface area contributed by atoms with Gasteiger partial charge in [0.15, 0.2) is 0 Å². The Balaban J connectivity index is 1.89. The highest BCUT2D eigenvalue weighted by molar-refractivity contribution is 5.37. The monoisotopic (exact) mass is 552 g/mol. The average molecular weight is 553 g/mol. The molecule has 2 aliphatic carbocycles. The molecule has 0 saturated heterocycles. The van der Waals surface area contributed by atoms with Crippen molar-refractivity contribution in [3.05, 3.63) is 130 Å². The van der Waals surface area contributed by atoms with Crippen molar-refractivity contribution in [2.45, 2.75) is 101 Å². The second kappa shape index (κ2) is 15.9. The molecule has 1 heteroatoms. The summed E-state index contributed by atoms with van der Waals surface area (Å²) < 4.78 is 0. The van der Waals surface area contributed by atoms with Crippen molar-refractivity contribution < 1.29 is 5.11 Å². The first-order valence-electron chi connectivity index (χ1n) is 15.4. The van der Waals surface area contributed by atoms with E-state index in [4.69, 9.17) is 0 Å². The minimum atomic E-state index is -0.325. The van der Waals surface area contributed by atoms with E-state index in [1.165, 1.54) is 52.7 Å². The van der Waals surface area contributed by atoms with Crippen LogP contribution in [-0.2, 0) is 0 Å². The summed E-state index contributed by atoms with van der Waals surface area (Å²) in [6.07, 6.45) is 36.7. The molecule has 0 fully saturated rings. The summed E-state index contributed by atoms with van der Waals surface area (Å²) in [5.74, 6) is 0.356. The first kappa shape index (κ1) is 34.3. The normalized spacial score (nSPS) is 25.1. The first-order valence-corrected chi connectivity index (χ1v) is 15.4. The molecule has 222 valence electrons. The van der Waals surface area contributed by atoms with Gasteiger partial charge >= 0.3 is 0 Å². The molecular weight excluding hydrogens is 496 g/mol. The summed E-state index contributed by atoms with van der Waals surface area (Å²) >= 11 is 0. The number of aliphatic hydroxyl groups excluding tert-OH is 1. The fraction of sp³-hybridized carbons (Fsp3) is 0.450. The second-order valence-corrected chi connectivity index (χ2v) is 13.5. The molecule has 0 spiro atoms. The minimum Gasteiger partial charge on any atom is -0.389 e. The van der Waals surface area contributed by atoms with Gasteiger partial charge in [0.25, 0.3) is 0 Å². The lowest BCUT2D eigenvalue weighted by atomic mass is 9.67. The summed E-state index contributed by atoms with van der Waals surface area (Å²) in [6.45, 7) is 22.2. The Bertz CT molecular complexity index is 1240. The van der Waals surface area contributed by atoms with Crippen LogP contribution in [0.5, 0.6) is 0 Å². The molecule has 1 nitrogen and oxygen atoms in total. The molecule has 2 atom stereocenters. The first-order chi connectivity index (χ1) is 19.2. The highest BCUT2D eigenvalue weighted by Crippen LogP contribution is 2.42. The van der Waals surface area contributed by atoms with Crippen molar-refractivity contribution in [2.75, 3.05) is 0 Å². The summed E-state index contributed by atoms with van der Waals surface area (Å²) in [5.41, 5.74) is 9.56. The third-order valence-electron chi connectivity index (χ3n) is 8.40. The summed E-state index contributed by atoms with van der Waals surface area (Å²) in [4.78, 5) is 0. The van der Waals surface area contributed by atoms with E-state index in [9.17, 15) is 5.11 Å². The minimum absolute atomic E-state index is 0.0649. The molecule has 0 aromatic rings. The molecule has 41 heavy (non-hydrogen) atoms. The third-order valence-corrected chi connectivity index (χ3v) is 8.40. The molecule has 0 aromatic carbocycles. The molecule has 0 heterocycles. The summed E-state index contributed by atoms with van der Waals surface area (Å²) in [5, 5.41) is 10.1. The van der Waals surface area contributed by atoms with Crippen LogP contribution in [0, 0.1) is 16.7 Å². The fourth-order valence-electron chi connectivity index (χ4n) is 5.97. The van der Waals surface area contributed by atoms with E-state index in [2.05, 4.69) is 154 Å². The molecule has 2 aliphatic rings. The predicted molar refractivity (Wildman–Crippen MR) is 183 cm³/mol. The highest BCUT2D eigenvalue weighted by Gasteiger charge is 2.34. The van der Waals surface area contributed by atoms with Gasteiger partial charge in [-0.1, -0.05) is 152 Å². The lowest BCUT2D eigenvalue weighted by Crippen LogP contribution is -2.32. The molecule has 1 N–H and O–H groups in total. The summed E-state index contributed by atoms with van der Waals surface area (Å²) in [6, 6.07) is 0. The van der Waals surface area contributed by atoms with Gasteiger partial charge in [0, 0.05) is 5.92 Å². The van der Waals surface area contributed by atoms with Crippen LogP contribution in [-0.4, -0.2) is 11.2 Å². The molecule has 0 saturated carbocycles. The van der Waals surface area contributed by atoms with Crippen LogP contribution in [0.1, 0.15) is 94.9 Å². The lowest BCUT2D eigenvalue weighted by molar-refractivity contribution is 0.117. The highest BCUT2D eigenvalue weighted by atomic mass is 16.3. The van der Waals surface area contributed by atoms with Crippen molar-refractivity contribution in [3.63, 3.8) is 0 Å². The van der Waals surface area contributed by atoms with E-state index < -0.39 is 0 Å². The molecule has 2 rings (SSSR count). The van der Waals surface area contributed by atoms with Crippen molar-refractivity contribution in [1.82, 2.24) is 0 Å². The van der Waals surface area contributed by atoms with Gasteiger partial charge in [-0.15, -0.1) is 0 Å². The number of rotatable bonds is 10. The van der Waals surface area contributed by atoms with Crippen molar-refractivity contribution in [1.29, 1.82) is 0 Å². The van der Waals surface area contributed by atoms with Gasteiger partial charge in [0.2, 0.25) is 0 Å². The third kappa shape index (κ3) is 11.9. The van der Waals surface area contributed by atoms with Crippen molar-refractivity contribution in [3.8, 4) is 0 Å². The molecule has 1 unspecified atom stereocenters. The average Bonchev–Trinajstić information content (AvgIpc) is 2.84. The van der Waals surface area contributed by atoms with E-state index >= 15 is 0 Å². The van der Waals surface area contributed by atoms with E-state index in [-0.39, 0.29) is 16.9 Å². The number of hydrogen-bond acceptors (Lipinski definition) is 1. The van der Waals surface area contributed by atoms with Crippen LogP contribution >= 0.6 is 0 Å². The zero-order valence-electron chi connectivity index (χ0n) is 27.6. The maximum Gasteiger partial charge on any atom is 0.0729 e. The largest absolute Gasteiger partial charge is 0.389 e. The smallest absolute Gasteiger partial charge is 0.0729 e. The van der Waals surface area contributed by atoms with Gasteiger partial charge in [-0.25, -0.2) is 0 Å². The maximum absolute atomic E-state index is 10.1. The number of allylic oxidation sites excluding steroid dienone is 21. The van der Waals surface area contributed by atoms with Crippen LogP contribution in [0.4, 0.5) is 0 Å². The van der Waals surface area contributed by atoms with Gasteiger partial charge < -0.3 is 5.11 Å². The number of hydrogen-bond donors (Lipinski definition) is 1. The van der Waals surface area contributed by atoms with Crippen LogP contribution < -0.4 is 0 Å². The van der Waals surface area contributed by atoms with Crippen LogP contribution in [0.3, 0.4) is 0 Å². The molecule has 0 radical (unpaired) electrons. The van der Waals surface area contributed by atoms with Gasteiger partial charge in [-0.05, 0) is 83.6 Å². The quantitative estimate of drug-likeness (QED) is 0.211. The number of aliphatic hydroxyl groups is 1. The van der Waals surface area contributed by atoms with Crippen LogP contribution in [0.15, 0.2) is 130 Å². The topological polar surface area (TPSA) is 20.2 Å². The van der Waals surface area contributed by atoms with E-state index in [1.54, 1.807) is 5.57 Å². The SMILES string of the molecule is CC1=C[C@@H](O)CC(C)(C)C1/C=C/C(C)=C/C=C/C(C)=C/C=C/C=C(C)/C=C/C=C(C)/C=C/C1=C(C)CCCC1(C)C. The summed E-state index contributed by atoms with van der Waals surface area (Å²) in [7, 11) is 0. The Morgan fingerprint density at radius 2 is 1.27 bits per heavy atom. The Morgan fingerprint density at radius 3 is 1.80 bits per heavy atom. The second-order valence-electron chi connectivity index (χ2n) is 13.5. The van der Waals surface area contributed by atoms with Gasteiger partial charge in [0.1, 0.15) is 0 Å². The van der Waals surface area contributed by atoms with E-state index in [0.29, 0.717) is 5.92 Å². The molecule has 0 bridgehead atoms. The maximum atomic E-state index is 10.1. The van der Waals surface area contributed by atoms with E-state index in [1.807, 2.05) is 6.08 Å². The zero-order valence-corrected chi connectivity index (χ0v) is 27.6. The van der Waals surface area contributed by atoms with Gasteiger partial charge in [-0.2, -0.15) is 0 Å². The van der Waals surface area contributed by atoms with E-state index in [0.717, 1.165) is 6.42 Å². The molecule has 0 aliphatic heterocycles. The van der Waals surface area contributed by atoms with Crippen molar-refractivity contribution in [2.24, 2.45) is 16.7 Å². The Kier molecular flexibility index (Phi) is 13.3. The Morgan fingerprint density at radius 1 is 0.756 bits per heavy atom. The fourth-order valence-corrected chi connectivity index (χ4v) is 5.97. The Labute approximate surface area is 252 Å². The van der Waals surface area contributed by atoms with Gasteiger partial charge in [-0.3, -0.25) is 0 Å². The van der Waals surface area contributed by atoms with Gasteiger partial charge in [0.05, 0.1) is 6.10 Å². The zero-order chi connectivity index (χ0) is 30.6. The molecular formula is C40H56O. The molecule has 0 aromatic heterocycles. The lowest BCUT2D eigenvalue weighted by Gasteiger charge is -2.38. The van der Waals surface area contributed by atoms with Crippen LogP contribution in [0.25, 0.3) is 0 Å².